The van der Waals surface area contributed by atoms with Gasteiger partial charge in [-0.05, 0) is 12.5 Å². The molecule has 1 rings (SSSR count). The summed E-state index contributed by atoms with van der Waals surface area (Å²) in [6.07, 6.45) is 0. The molecule has 92 valence electrons. The monoisotopic (exact) mass is 236 g/mol. The van der Waals surface area contributed by atoms with Gasteiger partial charge in [0.15, 0.2) is 0 Å². The number of methoxy groups -OCH3 is 1. The second-order valence-corrected chi connectivity index (χ2v) is 3.56. The lowest BCUT2D eigenvalue weighted by Gasteiger charge is -2.12. The van der Waals surface area contributed by atoms with E-state index in [1.165, 1.54) is 7.11 Å². The lowest BCUT2D eigenvalue weighted by Crippen LogP contribution is -2.44. The zero-order valence-electron chi connectivity index (χ0n) is 9.90. The van der Waals surface area contributed by atoms with Crippen molar-refractivity contribution in [2.24, 2.45) is 0 Å². The molecule has 0 unspecified atom stereocenters. The van der Waals surface area contributed by atoms with Crippen molar-refractivity contribution in [2.45, 2.75) is 19.5 Å². The molecule has 2 amide bonds. The number of hydrogen-bond donors (Lipinski definition) is 2. The van der Waals surface area contributed by atoms with Gasteiger partial charge in [-0.2, -0.15) is 0 Å². The Hall–Kier alpha value is -2.04. The largest absolute Gasteiger partial charge is 0.467 e. The molecule has 2 N–H and O–H groups in total. The second-order valence-electron chi connectivity index (χ2n) is 3.56. The Morgan fingerprint density at radius 1 is 1.29 bits per heavy atom. The Labute approximate surface area is 100 Å². The van der Waals surface area contributed by atoms with Crippen LogP contribution in [0, 0.1) is 0 Å². The van der Waals surface area contributed by atoms with Crippen LogP contribution in [0.2, 0.25) is 0 Å². The molecule has 0 spiro atoms. The molecule has 0 heterocycles. The molecule has 5 nitrogen and oxygen atoms in total. The predicted octanol–water partition coefficient (Wildman–Crippen LogP) is 1.05. The summed E-state index contributed by atoms with van der Waals surface area (Å²) in [5, 5.41) is 5.13. The van der Waals surface area contributed by atoms with E-state index in [0.29, 0.717) is 6.54 Å². The van der Waals surface area contributed by atoms with Crippen molar-refractivity contribution in [1.82, 2.24) is 10.6 Å². The van der Waals surface area contributed by atoms with Crippen LogP contribution in [0.1, 0.15) is 12.5 Å². The first-order valence-corrected chi connectivity index (χ1v) is 5.29. The molecule has 1 aromatic rings. The van der Waals surface area contributed by atoms with Crippen LogP contribution in [-0.2, 0) is 16.1 Å². The van der Waals surface area contributed by atoms with E-state index in [4.69, 9.17) is 0 Å². The van der Waals surface area contributed by atoms with E-state index >= 15 is 0 Å². The number of benzene rings is 1. The Bertz CT molecular complexity index is 379. The summed E-state index contributed by atoms with van der Waals surface area (Å²) in [7, 11) is 1.28. The summed E-state index contributed by atoms with van der Waals surface area (Å²) in [5.41, 5.74) is 0.994. The molecule has 0 aliphatic heterocycles. The van der Waals surface area contributed by atoms with Crippen LogP contribution in [0.15, 0.2) is 30.3 Å². The molecule has 5 heteroatoms. The van der Waals surface area contributed by atoms with Crippen LogP contribution in [0.25, 0.3) is 0 Å². The van der Waals surface area contributed by atoms with E-state index in [1.54, 1.807) is 6.92 Å². The van der Waals surface area contributed by atoms with Crippen molar-refractivity contribution in [3.05, 3.63) is 35.9 Å². The summed E-state index contributed by atoms with van der Waals surface area (Å²) < 4.78 is 4.49. The minimum atomic E-state index is -0.657. The lowest BCUT2D eigenvalue weighted by molar-refractivity contribution is -0.142. The number of amides is 2. The molecule has 1 aromatic carbocycles. The lowest BCUT2D eigenvalue weighted by atomic mass is 10.2. The average Bonchev–Trinajstić information content (AvgIpc) is 2.36. The molecule has 0 fully saturated rings. The molecule has 0 aliphatic rings. The summed E-state index contributed by atoms with van der Waals surface area (Å²) in [6.45, 7) is 1.98. The summed E-state index contributed by atoms with van der Waals surface area (Å²) in [6, 6.07) is 8.46. The van der Waals surface area contributed by atoms with Crippen molar-refractivity contribution in [3.63, 3.8) is 0 Å². The Balaban J connectivity index is 2.33. The molecule has 0 aliphatic carbocycles. The highest BCUT2D eigenvalue weighted by Crippen LogP contribution is 1.97. The fourth-order valence-electron chi connectivity index (χ4n) is 1.26. The second kappa shape index (κ2) is 6.52. The minimum absolute atomic E-state index is 0.397. The SMILES string of the molecule is COC(=O)[C@H](C)NC(=O)NCc1ccccc1. The maximum absolute atomic E-state index is 11.4. The smallest absolute Gasteiger partial charge is 0.328 e. The third-order valence-corrected chi connectivity index (χ3v) is 2.20. The summed E-state index contributed by atoms with van der Waals surface area (Å²) in [4.78, 5) is 22.5. The molecule has 0 saturated heterocycles. The average molecular weight is 236 g/mol. The zero-order valence-corrected chi connectivity index (χ0v) is 9.90. The van der Waals surface area contributed by atoms with Gasteiger partial charge in [0.1, 0.15) is 6.04 Å². The number of hydrogen-bond acceptors (Lipinski definition) is 3. The standard InChI is InChI=1S/C12H16N2O3/c1-9(11(15)17-2)14-12(16)13-8-10-6-4-3-5-7-10/h3-7,9H,8H2,1-2H3,(H2,13,14,16)/t9-/m0/s1. The molecule has 0 aromatic heterocycles. The van der Waals surface area contributed by atoms with Crippen LogP contribution in [0.3, 0.4) is 0 Å². The predicted molar refractivity (Wildman–Crippen MR) is 63.3 cm³/mol. The molecule has 0 bridgehead atoms. The Morgan fingerprint density at radius 2 is 1.94 bits per heavy atom. The van der Waals surface area contributed by atoms with Crippen molar-refractivity contribution in [3.8, 4) is 0 Å². The van der Waals surface area contributed by atoms with Gasteiger partial charge in [0, 0.05) is 6.54 Å². The number of nitrogens with one attached hydrogen (secondary N) is 2. The third-order valence-electron chi connectivity index (χ3n) is 2.20. The van der Waals surface area contributed by atoms with Crippen LogP contribution < -0.4 is 10.6 Å². The minimum Gasteiger partial charge on any atom is -0.467 e. The molecule has 17 heavy (non-hydrogen) atoms. The van der Waals surface area contributed by atoms with E-state index in [2.05, 4.69) is 15.4 Å². The van der Waals surface area contributed by atoms with E-state index in [-0.39, 0.29) is 0 Å². The summed E-state index contributed by atoms with van der Waals surface area (Å²) in [5.74, 6) is -0.472. The van der Waals surface area contributed by atoms with Gasteiger partial charge in [0.05, 0.1) is 7.11 Å². The van der Waals surface area contributed by atoms with Gasteiger partial charge in [-0.15, -0.1) is 0 Å². The van der Waals surface area contributed by atoms with Crippen LogP contribution in [0.5, 0.6) is 0 Å². The highest BCUT2D eigenvalue weighted by Gasteiger charge is 2.14. The van der Waals surface area contributed by atoms with E-state index < -0.39 is 18.0 Å². The quantitative estimate of drug-likeness (QED) is 0.768. The summed E-state index contributed by atoms with van der Waals surface area (Å²) >= 11 is 0. The zero-order chi connectivity index (χ0) is 12.7. The fourth-order valence-corrected chi connectivity index (χ4v) is 1.26. The number of esters is 1. The molecule has 0 radical (unpaired) electrons. The topological polar surface area (TPSA) is 67.4 Å². The fraction of sp³-hybridized carbons (Fsp3) is 0.333. The maximum Gasteiger partial charge on any atom is 0.328 e. The number of carbonyl (C=O) groups excluding carboxylic acids is 2. The van der Waals surface area contributed by atoms with Gasteiger partial charge in [-0.3, -0.25) is 0 Å². The van der Waals surface area contributed by atoms with Gasteiger partial charge < -0.3 is 15.4 Å². The first-order chi connectivity index (χ1) is 8.13. The molecule has 1 atom stereocenters. The molecular weight excluding hydrogens is 220 g/mol. The van der Waals surface area contributed by atoms with Crippen molar-refractivity contribution in [1.29, 1.82) is 0 Å². The Kier molecular flexibility index (Phi) is 5.00. The Morgan fingerprint density at radius 3 is 2.53 bits per heavy atom. The number of carbonyl (C=O) groups is 2. The first-order valence-electron chi connectivity index (χ1n) is 5.29. The maximum atomic E-state index is 11.4. The normalized spacial score (nSPS) is 11.4. The van der Waals surface area contributed by atoms with Crippen molar-refractivity contribution in [2.75, 3.05) is 7.11 Å². The molecular formula is C12H16N2O3. The van der Waals surface area contributed by atoms with Gasteiger partial charge in [0.2, 0.25) is 0 Å². The van der Waals surface area contributed by atoms with Crippen LogP contribution in [-0.4, -0.2) is 25.2 Å². The number of rotatable bonds is 4. The first kappa shape index (κ1) is 13.0. The third kappa shape index (κ3) is 4.55. The van der Waals surface area contributed by atoms with E-state index in [9.17, 15) is 9.59 Å². The van der Waals surface area contributed by atoms with Crippen molar-refractivity contribution < 1.29 is 14.3 Å². The van der Waals surface area contributed by atoms with E-state index in [0.717, 1.165) is 5.56 Å². The van der Waals surface area contributed by atoms with Crippen molar-refractivity contribution >= 4 is 12.0 Å². The highest BCUT2D eigenvalue weighted by atomic mass is 16.5. The van der Waals surface area contributed by atoms with E-state index in [1.807, 2.05) is 30.3 Å². The van der Waals surface area contributed by atoms with Gasteiger partial charge in [-0.25, -0.2) is 9.59 Å². The highest BCUT2D eigenvalue weighted by molar-refractivity contribution is 5.83. The van der Waals surface area contributed by atoms with Gasteiger partial charge in [0.25, 0.3) is 0 Å². The van der Waals surface area contributed by atoms with Gasteiger partial charge >= 0.3 is 12.0 Å². The number of ether oxygens (including phenoxy) is 1. The van der Waals surface area contributed by atoms with Crippen LogP contribution >= 0.6 is 0 Å². The van der Waals surface area contributed by atoms with Gasteiger partial charge in [-0.1, -0.05) is 30.3 Å². The van der Waals surface area contributed by atoms with Crippen LogP contribution in [0.4, 0.5) is 4.79 Å². The number of urea groups is 1. The molecule has 0 saturated carbocycles.